The summed E-state index contributed by atoms with van der Waals surface area (Å²) in [5.74, 6) is 1.03. The first-order valence-corrected chi connectivity index (χ1v) is 6.75. The second-order valence-electron chi connectivity index (χ2n) is 4.81. The van der Waals surface area contributed by atoms with Gasteiger partial charge in [0.05, 0.1) is 7.11 Å². The molecule has 1 N–H and O–H groups in total. The van der Waals surface area contributed by atoms with Crippen LogP contribution in [-0.4, -0.2) is 18.2 Å². The molecule has 4 heteroatoms. The Morgan fingerprint density at radius 1 is 1.05 bits per heavy atom. The third kappa shape index (κ3) is 2.86. The first kappa shape index (κ1) is 13.9. The molecule has 0 atom stereocenters. The Kier molecular flexibility index (Phi) is 3.66. The van der Waals surface area contributed by atoms with Gasteiger partial charge in [0.1, 0.15) is 17.3 Å². The molecule has 0 saturated heterocycles. The van der Waals surface area contributed by atoms with Crippen LogP contribution >= 0.6 is 0 Å². The number of phenolic OH excluding ortho intramolecular Hbond substituents is 1. The summed E-state index contributed by atoms with van der Waals surface area (Å²) >= 11 is 0. The van der Waals surface area contributed by atoms with Gasteiger partial charge in [-0.2, -0.15) is 0 Å². The second-order valence-corrected chi connectivity index (χ2v) is 4.81. The fraction of sp³-hybridized carbons (Fsp3) is 0.0556. The molecule has 3 rings (SSSR count). The van der Waals surface area contributed by atoms with E-state index in [0.717, 1.165) is 16.9 Å². The SMILES string of the molecule is COc1ccc(C=C2OC(=O)C=C2c2ccc(O)cc2)cc1. The summed E-state index contributed by atoms with van der Waals surface area (Å²) in [6.45, 7) is 0. The van der Waals surface area contributed by atoms with E-state index in [1.807, 2.05) is 24.3 Å². The minimum atomic E-state index is -0.400. The van der Waals surface area contributed by atoms with Gasteiger partial charge in [-0.25, -0.2) is 4.79 Å². The van der Waals surface area contributed by atoms with Gasteiger partial charge in [0.2, 0.25) is 0 Å². The van der Waals surface area contributed by atoms with Gasteiger partial charge in [0.25, 0.3) is 0 Å². The maximum Gasteiger partial charge on any atom is 0.336 e. The maximum absolute atomic E-state index is 11.6. The van der Waals surface area contributed by atoms with E-state index in [9.17, 15) is 9.90 Å². The lowest BCUT2D eigenvalue weighted by Crippen LogP contribution is -1.91. The molecule has 0 bridgehead atoms. The van der Waals surface area contributed by atoms with Gasteiger partial charge >= 0.3 is 5.97 Å². The van der Waals surface area contributed by atoms with Crippen molar-refractivity contribution in [1.29, 1.82) is 0 Å². The monoisotopic (exact) mass is 294 g/mol. The van der Waals surface area contributed by atoms with E-state index >= 15 is 0 Å². The minimum absolute atomic E-state index is 0.176. The molecule has 0 radical (unpaired) electrons. The third-order valence-corrected chi connectivity index (χ3v) is 3.33. The fourth-order valence-corrected chi connectivity index (χ4v) is 2.21. The van der Waals surface area contributed by atoms with Gasteiger partial charge in [-0.05, 0) is 41.5 Å². The van der Waals surface area contributed by atoms with Crippen molar-refractivity contribution >= 4 is 17.6 Å². The minimum Gasteiger partial charge on any atom is -0.508 e. The van der Waals surface area contributed by atoms with Crippen molar-refractivity contribution in [2.45, 2.75) is 0 Å². The molecular formula is C18H14O4. The molecule has 0 spiro atoms. The molecule has 110 valence electrons. The van der Waals surface area contributed by atoms with E-state index in [4.69, 9.17) is 9.47 Å². The van der Waals surface area contributed by atoms with Crippen molar-refractivity contribution in [2.75, 3.05) is 7.11 Å². The van der Waals surface area contributed by atoms with Crippen LogP contribution in [0.1, 0.15) is 11.1 Å². The van der Waals surface area contributed by atoms with Crippen LogP contribution in [-0.2, 0) is 9.53 Å². The molecule has 1 heterocycles. The Balaban J connectivity index is 1.94. The number of hydrogen-bond acceptors (Lipinski definition) is 4. The van der Waals surface area contributed by atoms with Crippen LogP contribution in [0.5, 0.6) is 11.5 Å². The molecule has 0 saturated carbocycles. The number of methoxy groups -OCH3 is 1. The van der Waals surface area contributed by atoms with Gasteiger partial charge in [-0.1, -0.05) is 24.3 Å². The van der Waals surface area contributed by atoms with Crippen molar-refractivity contribution in [3.63, 3.8) is 0 Å². The van der Waals surface area contributed by atoms with Gasteiger partial charge in [0.15, 0.2) is 0 Å². The highest BCUT2D eigenvalue weighted by molar-refractivity contribution is 6.03. The zero-order chi connectivity index (χ0) is 15.5. The molecule has 4 nitrogen and oxygen atoms in total. The van der Waals surface area contributed by atoms with E-state index < -0.39 is 5.97 Å². The lowest BCUT2D eigenvalue weighted by atomic mass is 10.0. The maximum atomic E-state index is 11.6. The van der Waals surface area contributed by atoms with Gasteiger partial charge in [-0.3, -0.25) is 0 Å². The van der Waals surface area contributed by atoms with Crippen LogP contribution in [0.25, 0.3) is 11.6 Å². The molecule has 0 aromatic heterocycles. The number of rotatable bonds is 3. The normalized spacial score (nSPS) is 15.6. The van der Waals surface area contributed by atoms with Crippen LogP contribution in [0.2, 0.25) is 0 Å². The Bertz CT molecular complexity index is 753. The molecule has 2 aromatic rings. The lowest BCUT2D eigenvalue weighted by Gasteiger charge is -2.06. The number of phenols is 1. The van der Waals surface area contributed by atoms with Crippen molar-refractivity contribution in [3.8, 4) is 11.5 Å². The largest absolute Gasteiger partial charge is 0.508 e. The molecule has 1 aliphatic heterocycles. The molecule has 0 fully saturated rings. The van der Waals surface area contributed by atoms with Crippen LogP contribution in [0.3, 0.4) is 0 Å². The predicted octanol–water partition coefficient (Wildman–Crippen LogP) is 3.38. The number of ether oxygens (including phenoxy) is 2. The zero-order valence-corrected chi connectivity index (χ0v) is 11.9. The van der Waals surface area contributed by atoms with E-state index in [1.54, 1.807) is 37.5 Å². The number of carbonyl (C=O) groups is 1. The average Bonchev–Trinajstić information content (AvgIpc) is 2.89. The molecule has 1 aliphatic rings. The Hall–Kier alpha value is -3.01. The molecule has 22 heavy (non-hydrogen) atoms. The number of esters is 1. The Labute approximate surface area is 127 Å². The summed E-state index contributed by atoms with van der Waals surface area (Å²) in [6.07, 6.45) is 3.24. The Morgan fingerprint density at radius 2 is 1.73 bits per heavy atom. The van der Waals surface area contributed by atoms with Crippen LogP contribution < -0.4 is 4.74 Å². The first-order valence-electron chi connectivity index (χ1n) is 6.75. The summed E-state index contributed by atoms with van der Waals surface area (Å²) < 4.78 is 10.4. The summed E-state index contributed by atoms with van der Waals surface area (Å²) in [4.78, 5) is 11.6. The third-order valence-electron chi connectivity index (χ3n) is 3.33. The first-order chi connectivity index (χ1) is 10.7. The van der Waals surface area contributed by atoms with Gasteiger partial charge < -0.3 is 14.6 Å². The van der Waals surface area contributed by atoms with Gasteiger partial charge in [0, 0.05) is 11.6 Å². The van der Waals surface area contributed by atoms with E-state index in [-0.39, 0.29) is 5.75 Å². The molecule has 0 unspecified atom stereocenters. The second kappa shape index (κ2) is 5.77. The summed E-state index contributed by atoms with van der Waals surface area (Å²) in [6, 6.07) is 14.1. The fourth-order valence-electron chi connectivity index (χ4n) is 2.21. The van der Waals surface area contributed by atoms with Crippen molar-refractivity contribution in [2.24, 2.45) is 0 Å². The smallest absolute Gasteiger partial charge is 0.336 e. The van der Waals surface area contributed by atoms with Crippen LogP contribution in [0.15, 0.2) is 60.4 Å². The quantitative estimate of drug-likeness (QED) is 0.882. The predicted molar refractivity (Wildman–Crippen MR) is 83.1 cm³/mol. The van der Waals surface area contributed by atoms with Crippen molar-refractivity contribution in [3.05, 3.63) is 71.5 Å². The number of hydrogen-bond donors (Lipinski definition) is 1. The average molecular weight is 294 g/mol. The van der Waals surface area contributed by atoms with Gasteiger partial charge in [-0.15, -0.1) is 0 Å². The number of aromatic hydroxyl groups is 1. The number of benzene rings is 2. The molecule has 0 aliphatic carbocycles. The Morgan fingerprint density at radius 3 is 2.36 bits per heavy atom. The summed E-state index contributed by atoms with van der Waals surface area (Å²) in [7, 11) is 1.61. The summed E-state index contributed by atoms with van der Waals surface area (Å²) in [5.41, 5.74) is 2.40. The highest BCUT2D eigenvalue weighted by atomic mass is 16.5. The lowest BCUT2D eigenvalue weighted by molar-refractivity contribution is -0.132. The highest BCUT2D eigenvalue weighted by Gasteiger charge is 2.21. The number of carbonyl (C=O) groups excluding carboxylic acids is 1. The topological polar surface area (TPSA) is 55.8 Å². The number of allylic oxidation sites excluding steroid dienone is 1. The standard InChI is InChI=1S/C18H14O4/c1-21-15-8-2-12(3-9-15)10-17-16(11-18(20)22-17)13-4-6-14(19)7-5-13/h2-11,19H,1H3. The molecule has 0 amide bonds. The van der Waals surface area contributed by atoms with Crippen molar-refractivity contribution < 1.29 is 19.4 Å². The van der Waals surface area contributed by atoms with E-state index in [2.05, 4.69) is 0 Å². The summed E-state index contributed by atoms with van der Waals surface area (Å²) in [5, 5.41) is 9.36. The zero-order valence-electron chi connectivity index (χ0n) is 11.9. The highest BCUT2D eigenvalue weighted by Crippen LogP contribution is 2.32. The van der Waals surface area contributed by atoms with Crippen molar-refractivity contribution in [1.82, 2.24) is 0 Å². The van der Waals surface area contributed by atoms with Crippen LogP contribution in [0, 0.1) is 0 Å². The van der Waals surface area contributed by atoms with E-state index in [1.165, 1.54) is 6.08 Å². The molecular weight excluding hydrogens is 280 g/mol. The van der Waals surface area contributed by atoms with Crippen LogP contribution in [0.4, 0.5) is 0 Å². The number of cyclic esters (lactones) is 1. The molecule has 2 aromatic carbocycles. The van der Waals surface area contributed by atoms with E-state index in [0.29, 0.717) is 11.3 Å².